The summed E-state index contributed by atoms with van der Waals surface area (Å²) in [7, 11) is 0. The molecule has 0 amide bonds. The second kappa shape index (κ2) is 7.86. The van der Waals surface area contributed by atoms with Crippen molar-refractivity contribution in [2.45, 2.75) is 12.4 Å². The van der Waals surface area contributed by atoms with Gasteiger partial charge in [0.25, 0.3) is 0 Å². The molecule has 0 aliphatic rings. The SMILES string of the molecule is O=C(O)c1cc(-c2c(C(F)(F)F)ccc(C(=O)O)c2C(=O)O)c(C(F)(F)F)cc1C(=O)O. The highest BCUT2D eigenvalue weighted by Crippen LogP contribution is 2.46. The van der Waals surface area contributed by atoms with Gasteiger partial charge >= 0.3 is 36.2 Å². The molecule has 4 N–H and O–H groups in total. The Kier molecular flexibility index (Phi) is 5.94. The van der Waals surface area contributed by atoms with Crippen LogP contribution in [0.4, 0.5) is 26.3 Å². The van der Waals surface area contributed by atoms with Crippen LogP contribution in [0.25, 0.3) is 11.1 Å². The summed E-state index contributed by atoms with van der Waals surface area (Å²) in [6.45, 7) is 0. The summed E-state index contributed by atoms with van der Waals surface area (Å²) in [5.74, 6) is -8.74. The van der Waals surface area contributed by atoms with E-state index in [0.717, 1.165) is 0 Å². The number of hydrogen-bond acceptors (Lipinski definition) is 4. The summed E-state index contributed by atoms with van der Waals surface area (Å²) >= 11 is 0. The van der Waals surface area contributed by atoms with Gasteiger partial charge in [0.15, 0.2) is 0 Å². The van der Waals surface area contributed by atoms with Gasteiger partial charge in [-0.3, -0.25) is 0 Å². The number of rotatable bonds is 5. The number of halogens is 6. The summed E-state index contributed by atoms with van der Waals surface area (Å²) in [6.07, 6.45) is -11.1. The first-order valence-corrected chi connectivity index (χ1v) is 7.91. The molecule has 32 heavy (non-hydrogen) atoms. The van der Waals surface area contributed by atoms with Crippen molar-refractivity contribution in [1.82, 2.24) is 0 Å². The van der Waals surface area contributed by atoms with Crippen LogP contribution in [-0.4, -0.2) is 44.3 Å². The van der Waals surface area contributed by atoms with Crippen molar-refractivity contribution in [3.8, 4) is 11.1 Å². The summed E-state index contributed by atoms with van der Waals surface area (Å²) in [5, 5.41) is 36.6. The lowest BCUT2D eigenvalue weighted by Crippen LogP contribution is -2.19. The molecular weight excluding hydrogens is 458 g/mol. The van der Waals surface area contributed by atoms with Crippen LogP contribution in [0.3, 0.4) is 0 Å². The molecular formula is C18H8F6O8. The van der Waals surface area contributed by atoms with Gasteiger partial charge < -0.3 is 20.4 Å². The van der Waals surface area contributed by atoms with Crippen LogP contribution in [0.2, 0.25) is 0 Å². The van der Waals surface area contributed by atoms with Crippen molar-refractivity contribution in [3.63, 3.8) is 0 Å². The highest BCUT2D eigenvalue weighted by atomic mass is 19.4. The van der Waals surface area contributed by atoms with E-state index in [1.165, 1.54) is 0 Å². The average molecular weight is 466 g/mol. The highest BCUT2D eigenvalue weighted by Gasteiger charge is 2.42. The molecule has 0 fully saturated rings. The van der Waals surface area contributed by atoms with E-state index in [1.54, 1.807) is 0 Å². The van der Waals surface area contributed by atoms with E-state index in [4.69, 9.17) is 15.3 Å². The van der Waals surface area contributed by atoms with Crippen LogP contribution in [0, 0.1) is 0 Å². The third kappa shape index (κ3) is 4.33. The fraction of sp³-hybridized carbons (Fsp3) is 0.111. The maximum absolute atomic E-state index is 13.6. The van der Waals surface area contributed by atoms with Crippen LogP contribution in [0.15, 0.2) is 24.3 Å². The van der Waals surface area contributed by atoms with Gasteiger partial charge in [-0.05, 0) is 29.8 Å². The van der Waals surface area contributed by atoms with Crippen LogP contribution in [0.1, 0.15) is 52.6 Å². The maximum atomic E-state index is 13.6. The van der Waals surface area contributed by atoms with Crippen LogP contribution >= 0.6 is 0 Å². The van der Waals surface area contributed by atoms with Crippen LogP contribution < -0.4 is 0 Å². The Morgan fingerprint density at radius 1 is 0.594 bits per heavy atom. The maximum Gasteiger partial charge on any atom is 0.417 e. The van der Waals surface area contributed by atoms with E-state index in [2.05, 4.69) is 0 Å². The Balaban J connectivity index is 3.27. The predicted octanol–water partition coefficient (Wildman–Crippen LogP) is 4.18. The first-order chi connectivity index (χ1) is 14.5. The van der Waals surface area contributed by atoms with Gasteiger partial charge in [-0.2, -0.15) is 26.3 Å². The number of benzene rings is 2. The zero-order valence-corrected chi connectivity index (χ0v) is 15.0. The Hall–Kier alpha value is -4.10. The van der Waals surface area contributed by atoms with E-state index in [0.29, 0.717) is 0 Å². The fourth-order valence-electron chi connectivity index (χ4n) is 2.91. The van der Waals surface area contributed by atoms with Crippen molar-refractivity contribution in [2.24, 2.45) is 0 Å². The lowest BCUT2D eigenvalue weighted by atomic mass is 9.85. The van der Waals surface area contributed by atoms with Crippen LogP contribution in [0.5, 0.6) is 0 Å². The first-order valence-electron chi connectivity index (χ1n) is 7.91. The standard InChI is InChI=1S/C18H8F6O8/c19-17(20,21)9-2-1-5(13(25)26)12(16(31)32)11(9)8-3-6(14(27)28)7(15(29)30)4-10(8)18(22,23)24/h1-4H,(H,25,26)(H,27,28)(H,29,30)(H,31,32). The first kappa shape index (κ1) is 24.2. The van der Waals surface area contributed by atoms with Gasteiger partial charge in [-0.1, -0.05) is 0 Å². The van der Waals surface area contributed by atoms with Crippen molar-refractivity contribution in [3.05, 3.63) is 57.6 Å². The third-order valence-electron chi connectivity index (χ3n) is 4.15. The number of hydrogen-bond donors (Lipinski definition) is 4. The number of carboxylic acid groups (broad SMARTS) is 4. The minimum Gasteiger partial charge on any atom is -0.478 e. The van der Waals surface area contributed by atoms with Gasteiger partial charge in [0.05, 0.1) is 33.4 Å². The molecule has 0 bridgehead atoms. The Bertz CT molecular complexity index is 1160. The third-order valence-corrected chi connectivity index (χ3v) is 4.15. The van der Waals surface area contributed by atoms with Gasteiger partial charge in [0, 0.05) is 5.56 Å². The lowest BCUT2D eigenvalue weighted by Gasteiger charge is -2.21. The highest BCUT2D eigenvalue weighted by molar-refractivity contribution is 6.09. The molecule has 0 aliphatic heterocycles. The van der Waals surface area contributed by atoms with Gasteiger partial charge in [-0.15, -0.1) is 0 Å². The molecule has 0 unspecified atom stereocenters. The van der Waals surface area contributed by atoms with E-state index in [1.807, 2.05) is 0 Å². The van der Waals surface area contributed by atoms with Gasteiger partial charge in [0.2, 0.25) is 0 Å². The minimum atomic E-state index is -5.59. The Labute approximate surface area is 171 Å². The van der Waals surface area contributed by atoms with E-state index < -0.39 is 80.7 Å². The van der Waals surface area contributed by atoms with Crippen LogP contribution in [-0.2, 0) is 12.4 Å². The molecule has 2 aromatic rings. The topological polar surface area (TPSA) is 149 Å². The average Bonchev–Trinajstić information content (AvgIpc) is 2.63. The zero-order chi connectivity index (χ0) is 24.8. The second-order valence-corrected chi connectivity index (χ2v) is 6.07. The second-order valence-electron chi connectivity index (χ2n) is 6.07. The summed E-state index contributed by atoms with van der Waals surface area (Å²) in [4.78, 5) is 45.5. The molecule has 2 rings (SSSR count). The van der Waals surface area contributed by atoms with Crippen molar-refractivity contribution < 1.29 is 65.9 Å². The number of aromatic carboxylic acids is 4. The molecule has 0 spiro atoms. The Morgan fingerprint density at radius 3 is 1.41 bits per heavy atom. The minimum absolute atomic E-state index is 0.0247. The van der Waals surface area contributed by atoms with E-state index >= 15 is 0 Å². The van der Waals surface area contributed by atoms with E-state index in [9.17, 15) is 50.6 Å². The molecule has 0 atom stereocenters. The lowest BCUT2D eigenvalue weighted by molar-refractivity contribution is -0.139. The predicted molar refractivity (Wildman–Crippen MR) is 89.7 cm³/mol. The fourth-order valence-corrected chi connectivity index (χ4v) is 2.91. The monoisotopic (exact) mass is 466 g/mol. The summed E-state index contributed by atoms with van der Waals surface area (Å²) in [5.41, 5.74) is -13.4. The molecule has 0 aliphatic carbocycles. The van der Waals surface area contributed by atoms with E-state index in [-0.39, 0.29) is 24.3 Å². The Morgan fingerprint density at radius 2 is 1.03 bits per heavy atom. The molecule has 170 valence electrons. The molecule has 0 heterocycles. The summed E-state index contributed by atoms with van der Waals surface area (Å²) in [6, 6.07) is -0.108. The normalized spacial score (nSPS) is 11.8. The zero-order valence-electron chi connectivity index (χ0n) is 15.0. The molecule has 14 heteroatoms. The number of carbonyl (C=O) groups is 4. The van der Waals surface area contributed by atoms with Crippen molar-refractivity contribution in [1.29, 1.82) is 0 Å². The van der Waals surface area contributed by atoms with Gasteiger partial charge in [-0.25, -0.2) is 19.2 Å². The molecule has 0 saturated carbocycles. The molecule has 0 radical (unpaired) electrons. The number of carboxylic acids is 4. The quantitative estimate of drug-likeness (QED) is 0.480. The van der Waals surface area contributed by atoms with Crippen molar-refractivity contribution >= 4 is 23.9 Å². The van der Waals surface area contributed by atoms with Crippen molar-refractivity contribution in [2.75, 3.05) is 0 Å². The smallest absolute Gasteiger partial charge is 0.417 e. The van der Waals surface area contributed by atoms with Gasteiger partial charge in [0.1, 0.15) is 0 Å². The molecule has 0 saturated heterocycles. The number of alkyl halides is 6. The largest absolute Gasteiger partial charge is 0.478 e. The molecule has 2 aromatic carbocycles. The molecule has 8 nitrogen and oxygen atoms in total. The molecule has 0 aromatic heterocycles. The summed E-state index contributed by atoms with van der Waals surface area (Å²) < 4.78 is 81.7.